The Hall–Kier alpha value is -1.61. The largest absolute Gasteiger partial charge is 0.360 e. The van der Waals surface area contributed by atoms with Gasteiger partial charge in [0.2, 0.25) is 0 Å². The molecule has 1 unspecified atom stereocenters. The van der Waals surface area contributed by atoms with Gasteiger partial charge >= 0.3 is 0 Å². The topological polar surface area (TPSA) is 38.1 Å². The molecule has 0 fully saturated rings. The quantitative estimate of drug-likeness (QED) is 0.876. The van der Waals surface area contributed by atoms with Crippen molar-refractivity contribution in [3.8, 4) is 0 Å². The van der Waals surface area contributed by atoms with E-state index in [-0.39, 0.29) is 0 Å². The summed E-state index contributed by atoms with van der Waals surface area (Å²) in [6.45, 7) is 7.13. The Morgan fingerprint density at radius 1 is 1.24 bits per heavy atom. The van der Waals surface area contributed by atoms with Gasteiger partial charge in [0, 0.05) is 12.1 Å². The van der Waals surface area contributed by atoms with Crippen LogP contribution in [0.15, 0.2) is 35.0 Å². The number of benzene rings is 1. The van der Waals surface area contributed by atoms with Crippen LogP contribution in [-0.2, 0) is 6.54 Å². The molecule has 0 saturated heterocycles. The maximum Gasteiger partial charge on any atom is 0.150 e. The van der Waals surface area contributed by atoms with E-state index in [2.05, 4.69) is 49.4 Å². The van der Waals surface area contributed by atoms with Gasteiger partial charge in [0.25, 0.3) is 0 Å². The molecular weight excluding hydrogens is 212 g/mol. The molecule has 0 spiro atoms. The van der Waals surface area contributed by atoms with Crippen LogP contribution >= 0.6 is 0 Å². The van der Waals surface area contributed by atoms with Gasteiger partial charge in [-0.3, -0.25) is 0 Å². The molecule has 2 rings (SSSR count). The first-order chi connectivity index (χ1) is 8.16. The van der Waals surface area contributed by atoms with Gasteiger partial charge in [0.1, 0.15) is 5.76 Å². The lowest BCUT2D eigenvalue weighted by molar-refractivity contribution is 0.366. The third-order valence-corrected chi connectivity index (χ3v) is 3.10. The summed E-state index contributed by atoms with van der Waals surface area (Å²) in [7, 11) is 0. The van der Waals surface area contributed by atoms with Gasteiger partial charge in [-0.15, -0.1) is 0 Å². The van der Waals surface area contributed by atoms with E-state index in [9.17, 15) is 0 Å². The van der Waals surface area contributed by atoms with Crippen LogP contribution in [0.5, 0.6) is 0 Å². The molecule has 0 aliphatic carbocycles. The molecule has 0 bridgehead atoms. The van der Waals surface area contributed by atoms with Crippen LogP contribution in [0.2, 0.25) is 0 Å². The fourth-order valence-corrected chi connectivity index (χ4v) is 1.74. The Labute approximate surface area is 102 Å². The number of nitrogens with one attached hydrogen (secondary N) is 1. The lowest BCUT2D eigenvalue weighted by atomic mass is 10.0. The first kappa shape index (κ1) is 11.9. The Bertz CT molecular complexity index is 477. The fourth-order valence-electron chi connectivity index (χ4n) is 1.74. The smallest absolute Gasteiger partial charge is 0.150 e. The average Bonchev–Trinajstić information content (AvgIpc) is 2.82. The van der Waals surface area contributed by atoms with E-state index in [4.69, 9.17) is 4.52 Å². The van der Waals surface area contributed by atoms with E-state index < -0.39 is 0 Å². The van der Waals surface area contributed by atoms with Crippen LogP contribution in [0.25, 0.3) is 0 Å². The fraction of sp³-hybridized carbons (Fsp3) is 0.357. The highest BCUT2D eigenvalue weighted by Gasteiger charge is 2.06. The van der Waals surface area contributed by atoms with E-state index in [0.29, 0.717) is 12.6 Å². The van der Waals surface area contributed by atoms with Gasteiger partial charge in [0.15, 0.2) is 0 Å². The maximum absolute atomic E-state index is 5.05. The zero-order valence-electron chi connectivity index (χ0n) is 10.5. The summed E-state index contributed by atoms with van der Waals surface area (Å²) in [4.78, 5) is 0. The van der Waals surface area contributed by atoms with Crippen molar-refractivity contribution in [1.82, 2.24) is 10.5 Å². The lowest BCUT2D eigenvalue weighted by Crippen LogP contribution is -2.17. The summed E-state index contributed by atoms with van der Waals surface area (Å²) in [6.07, 6.45) is 1.66. The standard InChI is InChI=1S/C14H18N2O/c1-10-4-5-13(8-11(10)2)12(3)15-9-14-6-7-16-17-14/h4-8,12,15H,9H2,1-3H3. The second kappa shape index (κ2) is 5.15. The third kappa shape index (κ3) is 2.94. The molecular formula is C14H18N2O. The van der Waals surface area contributed by atoms with Gasteiger partial charge in [0.05, 0.1) is 12.7 Å². The van der Waals surface area contributed by atoms with Crippen molar-refractivity contribution in [2.24, 2.45) is 0 Å². The van der Waals surface area contributed by atoms with Crippen molar-refractivity contribution < 1.29 is 4.52 Å². The Kier molecular flexibility index (Phi) is 3.59. The third-order valence-electron chi connectivity index (χ3n) is 3.10. The van der Waals surface area contributed by atoms with Crippen molar-refractivity contribution in [1.29, 1.82) is 0 Å². The molecule has 90 valence electrons. The van der Waals surface area contributed by atoms with Gasteiger partial charge < -0.3 is 9.84 Å². The van der Waals surface area contributed by atoms with E-state index in [1.54, 1.807) is 6.20 Å². The second-order valence-corrected chi connectivity index (χ2v) is 4.43. The molecule has 0 radical (unpaired) electrons. The van der Waals surface area contributed by atoms with Crippen molar-refractivity contribution in [2.45, 2.75) is 33.4 Å². The van der Waals surface area contributed by atoms with Crippen LogP contribution in [-0.4, -0.2) is 5.16 Å². The minimum atomic E-state index is 0.305. The normalized spacial score (nSPS) is 12.6. The number of rotatable bonds is 4. The maximum atomic E-state index is 5.05. The van der Waals surface area contributed by atoms with Crippen LogP contribution in [0.1, 0.15) is 35.4 Å². The molecule has 3 nitrogen and oxygen atoms in total. The summed E-state index contributed by atoms with van der Waals surface area (Å²) in [5, 5.41) is 7.10. The van der Waals surface area contributed by atoms with Crippen molar-refractivity contribution in [3.63, 3.8) is 0 Å². The summed E-state index contributed by atoms with van der Waals surface area (Å²) in [6, 6.07) is 8.74. The first-order valence-electron chi connectivity index (χ1n) is 5.87. The van der Waals surface area contributed by atoms with Gasteiger partial charge in [-0.1, -0.05) is 23.4 Å². The van der Waals surface area contributed by atoms with Gasteiger partial charge in [-0.05, 0) is 37.5 Å². The highest BCUT2D eigenvalue weighted by molar-refractivity contribution is 5.31. The molecule has 1 aromatic carbocycles. The molecule has 0 amide bonds. The van der Waals surface area contributed by atoms with Gasteiger partial charge in [-0.25, -0.2) is 0 Å². The summed E-state index contributed by atoms with van der Waals surface area (Å²) >= 11 is 0. The molecule has 2 aromatic rings. The summed E-state index contributed by atoms with van der Waals surface area (Å²) in [5.41, 5.74) is 3.96. The first-order valence-corrected chi connectivity index (χ1v) is 5.87. The number of aryl methyl sites for hydroxylation is 2. The van der Waals surface area contributed by atoms with Crippen LogP contribution in [0, 0.1) is 13.8 Å². The predicted molar refractivity (Wildman–Crippen MR) is 67.7 cm³/mol. The van der Waals surface area contributed by atoms with Crippen molar-refractivity contribution in [2.75, 3.05) is 0 Å². The number of nitrogens with zero attached hydrogens (tertiary/aromatic N) is 1. The minimum absolute atomic E-state index is 0.305. The van der Waals surface area contributed by atoms with E-state index in [0.717, 1.165) is 5.76 Å². The summed E-state index contributed by atoms with van der Waals surface area (Å²) < 4.78 is 5.05. The number of aromatic nitrogens is 1. The SMILES string of the molecule is Cc1ccc(C(C)NCc2ccno2)cc1C. The Balaban J connectivity index is 1.99. The Morgan fingerprint density at radius 2 is 2.06 bits per heavy atom. The lowest BCUT2D eigenvalue weighted by Gasteiger charge is -2.14. The van der Waals surface area contributed by atoms with E-state index >= 15 is 0 Å². The average molecular weight is 230 g/mol. The number of hydrogen-bond donors (Lipinski definition) is 1. The van der Waals surface area contributed by atoms with E-state index in [1.807, 2.05) is 6.07 Å². The molecule has 17 heavy (non-hydrogen) atoms. The van der Waals surface area contributed by atoms with Crippen LogP contribution in [0.3, 0.4) is 0 Å². The molecule has 1 N–H and O–H groups in total. The monoisotopic (exact) mass is 230 g/mol. The molecule has 1 atom stereocenters. The van der Waals surface area contributed by atoms with Crippen LogP contribution < -0.4 is 5.32 Å². The zero-order chi connectivity index (χ0) is 12.3. The van der Waals surface area contributed by atoms with Gasteiger partial charge in [-0.2, -0.15) is 0 Å². The Morgan fingerprint density at radius 3 is 2.71 bits per heavy atom. The molecule has 0 saturated carbocycles. The molecule has 3 heteroatoms. The predicted octanol–water partition coefficient (Wildman–Crippen LogP) is 3.14. The zero-order valence-corrected chi connectivity index (χ0v) is 10.5. The second-order valence-electron chi connectivity index (χ2n) is 4.43. The molecule has 0 aliphatic rings. The highest BCUT2D eigenvalue weighted by atomic mass is 16.5. The van der Waals surface area contributed by atoms with Crippen molar-refractivity contribution >= 4 is 0 Å². The minimum Gasteiger partial charge on any atom is -0.360 e. The highest BCUT2D eigenvalue weighted by Crippen LogP contribution is 2.17. The van der Waals surface area contributed by atoms with Crippen LogP contribution in [0.4, 0.5) is 0 Å². The molecule has 0 aliphatic heterocycles. The molecule has 1 heterocycles. The molecule has 1 aromatic heterocycles. The summed E-state index contributed by atoms with van der Waals surface area (Å²) in [5.74, 6) is 0.862. The number of hydrogen-bond acceptors (Lipinski definition) is 3. The van der Waals surface area contributed by atoms with Crippen molar-refractivity contribution in [3.05, 3.63) is 52.9 Å². The van der Waals surface area contributed by atoms with E-state index in [1.165, 1.54) is 16.7 Å².